The van der Waals surface area contributed by atoms with E-state index in [4.69, 9.17) is 23.2 Å². The fourth-order valence-electron chi connectivity index (χ4n) is 2.52. The molecule has 0 heterocycles. The second kappa shape index (κ2) is 7.60. The fraction of sp³-hybridized carbons (Fsp3) is 0. The molecule has 1 amide bonds. The van der Waals surface area contributed by atoms with E-state index in [0.29, 0.717) is 10.0 Å². The number of carbonyl (C=O) groups is 2. The van der Waals surface area contributed by atoms with Gasteiger partial charge >= 0.3 is 5.97 Å². The summed E-state index contributed by atoms with van der Waals surface area (Å²) in [6.45, 7) is 0. The molecule has 0 spiro atoms. The number of hydrogen-bond donors (Lipinski definition) is 2. The van der Waals surface area contributed by atoms with Gasteiger partial charge in [-0.2, -0.15) is 0 Å². The second-order valence-electron chi connectivity index (χ2n) is 5.54. The summed E-state index contributed by atoms with van der Waals surface area (Å²) >= 11 is 11.9. The van der Waals surface area contributed by atoms with Crippen molar-refractivity contribution >= 4 is 40.8 Å². The molecule has 0 aromatic heterocycles. The lowest BCUT2D eigenvalue weighted by Crippen LogP contribution is -2.15. The summed E-state index contributed by atoms with van der Waals surface area (Å²) in [6.07, 6.45) is 0. The van der Waals surface area contributed by atoms with E-state index >= 15 is 0 Å². The highest BCUT2D eigenvalue weighted by Crippen LogP contribution is 2.27. The molecule has 0 aliphatic rings. The van der Waals surface area contributed by atoms with E-state index in [2.05, 4.69) is 5.32 Å². The van der Waals surface area contributed by atoms with Crippen LogP contribution in [-0.2, 0) is 0 Å². The topological polar surface area (TPSA) is 66.4 Å². The molecule has 130 valence electrons. The van der Waals surface area contributed by atoms with Crippen molar-refractivity contribution < 1.29 is 14.7 Å². The predicted octanol–water partition coefficient (Wildman–Crippen LogP) is 5.61. The van der Waals surface area contributed by atoms with Crippen LogP contribution in [0.5, 0.6) is 0 Å². The molecule has 0 saturated heterocycles. The van der Waals surface area contributed by atoms with Gasteiger partial charge in [-0.3, -0.25) is 4.79 Å². The number of amides is 1. The van der Waals surface area contributed by atoms with Gasteiger partial charge in [0.1, 0.15) is 0 Å². The molecule has 0 saturated carbocycles. The lowest BCUT2D eigenvalue weighted by molar-refractivity contribution is 0.0698. The molecule has 3 rings (SSSR count). The van der Waals surface area contributed by atoms with Crippen molar-refractivity contribution in [1.29, 1.82) is 0 Å². The van der Waals surface area contributed by atoms with Crippen LogP contribution in [0.1, 0.15) is 20.7 Å². The van der Waals surface area contributed by atoms with Crippen molar-refractivity contribution in [2.45, 2.75) is 0 Å². The Balaban J connectivity index is 1.99. The lowest BCUT2D eigenvalue weighted by Gasteiger charge is -2.11. The third-order valence-electron chi connectivity index (χ3n) is 3.73. The molecule has 2 N–H and O–H groups in total. The van der Waals surface area contributed by atoms with Gasteiger partial charge in [-0.15, -0.1) is 0 Å². The Bertz CT molecular complexity index is 967. The Hall–Kier alpha value is -2.82. The van der Waals surface area contributed by atoms with E-state index < -0.39 is 11.9 Å². The summed E-state index contributed by atoms with van der Waals surface area (Å²) in [5.41, 5.74) is 2.12. The number of hydrogen-bond acceptors (Lipinski definition) is 2. The number of anilines is 1. The minimum atomic E-state index is -1.14. The molecule has 4 nitrogen and oxygen atoms in total. The summed E-state index contributed by atoms with van der Waals surface area (Å²) in [7, 11) is 0. The summed E-state index contributed by atoms with van der Waals surface area (Å²) in [5.74, 6) is -1.63. The molecule has 3 aromatic carbocycles. The summed E-state index contributed by atoms with van der Waals surface area (Å²) < 4.78 is 0. The van der Waals surface area contributed by atoms with Crippen LogP contribution < -0.4 is 5.32 Å². The maximum atomic E-state index is 12.5. The Morgan fingerprint density at radius 1 is 0.808 bits per heavy atom. The van der Waals surface area contributed by atoms with Crippen molar-refractivity contribution in [3.8, 4) is 11.1 Å². The molecule has 0 unspecified atom stereocenters. The third kappa shape index (κ3) is 4.04. The maximum absolute atomic E-state index is 12.5. The highest BCUT2D eigenvalue weighted by Gasteiger charge is 2.15. The van der Waals surface area contributed by atoms with Gasteiger partial charge in [-0.1, -0.05) is 59.6 Å². The Morgan fingerprint density at radius 3 is 2.08 bits per heavy atom. The first kappa shape index (κ1) is 18.0. The standard InChI is InChI=1S/C20H13Cl2NO3/c21-15-8-14(9-16(22)11-15)19(24)23-18-10-13(6-7-17(18)20(25)26)12-4-2-1-3-5-12/h1-11H,(H,23,24)(H,25,26). The Labute approximate surface area is 160 Å². The van der Waals surface area contributed by atoms with Gasteiger partial charge in [0.05, 0.1) is 11.3 Å². The van der Waals surface area contributed by atoms with Gasteiger partial charge < -0.3 is 10.4 Å². The van der Waals surface area contributed by atoms with Crippen LogP contribution in [0.2, 0.25) is 10.0 Å². The van der Waals surface area contributed by atoms with E-state index in [0.717, 1.165) is 11.1 Å². The van der Waals surface area contributed by atoms with E-state index in [-0.39, 0.29) is 16.8 Å². The van der Waals surface area contributed by atoms with Gasteiger partial charge in [-0.25, -0.2) is 4.79 Å². The molecular weight excluding hydrogens is 373 g/mol. The first-order valence-electron chi connectivity index (χ1n) is 7.64. The normalized spacial score (nSPS) is 10.4. The Kier molecular flexibility index (Phi) is 5.26. The number of carboxylic acid groups (broad SMARTS) is 1. The number of carboxylic acids is 1. The Morgan fingerprint density at radius 2 is 1.46 bits per heavy atom. The van der Waals surface area contributed by atoms with E-state index in [1.165, 1.54) is 24.3 Å². The predicted molar refractivity (Wildman–Crippen MR) is 103 cm³/mol. The molecule has 0 atom stereocenters. The highest BCUT2D eigenvalue weighted by molar-refractivity contribution is 6.35. The summed E-state index contributed by atoms with van der Waals surface area (Å²) in [5, 5.41) is 12.7. The van der Waals surface area contributed by atoms with E-state index in [9.17, 15) is 14.7 Å². The zero-order valence-corrected chi connectivity index (χ0v) is 14.9. The number of rotatable bonds is 4. The molecule has 0 radical (unpaired) electrons. The summed E-state index contributed by atoms with van der Waals surface area (Å²) in [6, 6.07) is 18.7. The van der Waals surface area contributed by atoms with Gasteiger partial charge in [0, 0.05) is 15.6 Å². The summed E-state index contributed by atoms with van der Waals surface area (Å²) in [4.78, 5) is 24.0. The van der Waals surface area contributed by atoms with Gasteiger partial charge in [0.15, 0.2) is 0 Å². The van der Waals surface area contributed by atoms with Crippen LogP contribution in [-0.4, -0.2) is 17.0 Å². The SMILES string of the molecule is O=C(Nc1cc(-c2ccccc2)ccc1C(=O)O)c1cc(Cl)cc(Cl)c1. The zero-order chi connectivity index (χ0) is 18.7. The molecule has 6 heteroatoms. The third-order valence-corrected chi connectivity index (χ3v) is 4.17. The van der Waals surface area contributed by atoms with Crippen LogP contribution >= 0.6 is 23.2 Å². The number of carbonyl (C=O) groups excluding carboxylic acids is 1. The number of benzene rings is 3. The van der Waals surface area contributed by atoms with Gasteiger partial charge in [-0.05, 0) is 41.5 Å². The van der Waals surface area contributed by atoms with Gasteiger partial charge in [0.25, 0.3) is 5.91 Å². The molecule has 26 heavy (non-hydrogen) atoms. The van der Waals surface area contributed by atoms with Crippen molar-refractivity contribution in [1.82, 2.24) is 0 Å². The smallest absolute Gasteiger partial charge is 0.337 e. The average molecular weight is 386 g/mol. The minimum absolute atomic E-state index is 0.00819. The fourth-order valence-corrected chi connectivity index (χ4v) is 3.05. The first-order chi connectivity index (χ1) is 12.4. The number of aromatic carboxylic acids is 1. The highest BCUT2D eigenvalue weighted by atomic mass is 35.5. The maximum Gasteiger partial charge on any atom is 0.337 e. The first-order valence-corrected chi connectivity index (χ1v) is 8.40. The van der Waals surface area contributed by atoms with Crippen LogP contribution in [0.4, 0.5) is 5.69 Å². The van der Waals surface area contributed by atoms with Crippen LogP contribution in [0.3, 0.4) is 0 Å². The molecular formula is C20H13Cl2NO3. The van der Waals surface area contributed by atoms with Crippen molar-refractivity contribution in [3.63, 3.8) is 0 Å². The van der Waals surface area contributed by atoms with E-state index in [1.807, 2.05) is 30.3 Å². The van der Waals surface area contributed by atoms with Crippen molar-refractivity contribution in [2.24, 2.45) is 0 Å². The van der Waals surface area contributed by atoms with Crippen LogP contribution in [0.25, 0.3) is 11.1 Å². The number of halogens is 2. The molecule has 3 aromatic rings. The molecule has 0 bridgehead atoms. The monoisotopic (exact) mass is 385 g/mol. The van der Waals surface area contributed by atoms with Gasteiger partial charge in [0.2, 0.25) is 0 Å². The van der Waals surface area contributed by atoms with E-state index in [1.54, 1.807) is 12.1 Å². The van der Waals surface area contributed by atoms with Crippen LogP contribution in [0, 0.1) is 0 Å². The minimum Gasteiger partial charge on any atom is -0.478 e. The lowest BCUT2D eigenvalue weighted by atomic mass is 10.0. The average Bonchev–Trinajstić information content (AvgIpc) is 2.61. The molecule has 0 fully saturated rings. The van der Waals surface area contributed by atoms with Crippen molar-refractivity contribution in [3.05, 3.63) is 87.9 Å². The largest absolute Gasteiger partial charge is 0.478 e. The molecule has 0 aliphatic carbocycles. The van der Waals surface area contributed by atoms with Crippen molar-refractivity contribution in [2.75, 3.05) is 5.32 Å². The second-order valence-corrected chi connectivity index (χ2v) is 6.42. The van der Waals surface area contributed by atoms with Crippen LogP contribution in [0.15, 0.2) is 66.7 Å². The number of nitrogens with one attached hydrogen (secondary N) is 1. The quantitative estimate of drug-likeness (QED) is 0.613. The zero-order valence-electron chi connectivity index (χ0n) is 13.4. The molecule has 0 aliphatic heterocycles.